The third kappa shape index (κ3) is 5.28. The Morgan fingerprint density at radius 2 is 1.62 bits per heavy atom. The van der Waals surface area contributed by atoms with Gasteiger partial charge < -0.3 is 15.7 Å². The molecule has 0 fully saturated rings. The highest BCUT2D eigenvalue weighted by molar-refractivity contribution is 5.81. The molecular weight excluding hydrogens is 264 g/mol. The molecule has 0 saturated carbocycles. The maximum Gasteiger partial charge on any atom is 0.239 e. The van der Waals surface area contributed by atoms with E-state index in [1.165, 1.54) is 0 Å². The van der Waals surface area contributed by atoms with Gasteiger partial charge in [0.15, 0.2) is 0 Å². The molecule has 4 heteroatoms. The predicted octanol–water partition coefficient (Wildman–Crippen LogP) is 1.82. The number of hydrogen-bond donors (Lipinski definition) is 3. The quantitative estimate of drug-likeness (QED) is 0.727. The molecule has 2 rings (SSSR count). The van der Waals surface area contributed by atoms with Crippen molar-refractivity contribution >= 4 is 11.6 Å². The summed E-state index contributed by atoms with van der Waals surface area (Å²) in [7, 11) is 0. The van der Waals surface area contributed by atoms with Crippen molar-refractivity contribution in [2.45, 2.75) is 12.5 Å². The molecule has 110 valence electrons. The van der Waals surface area contributed by atoms with Crippen LogP contribution in [-0.4, -0.2) is 30.2 Å². The Labute approximate surface area is 124 Å². The van der Waals surface area contributed by atoms with Gasteiger partial charge in [0.2, 0.25) is 5.91 Å². The maximum absolute atomic E-state index is 11.9. The number of anilines is 1. The molecule has 0 unspecified atom stereocenters. The molecule has 3 N–H and O–H groups in total. The molecule has 2 aromatic carbocycles. The summed E-state index contributed by atoms with van der Waals surface area (Å²) in [5.74, 6) is -0.131. The fourth-order valence-electron chi connectivity index (χ4n) is 2.08. The molecule has 1 atom stereocenters. The summed E-state index contributed by atoms with van der Waals surface area (Å²) in [5.41, 5.74) is 1.99. The van der Waals surface area contributed by atoms with Crippen LogP contribution in [-0.2, 0) is 11.2 Å². The predicted molar refractivity (Wildman–Crippen MR) is 84.1 cm³/mol. The number of carbonyl (C=O) groups excluding carboxylic acids is 1. The normalized spacial score (nSPS) is 11.7. The average Bonchev–Trinajstić information content (AvgIpc) is 2.54. The van der Waals surface area contributed by atoms with Gasteiger partial charge in [0, 0.05) is 5.69 Å². The molecule has 2 aromatic rings. The molecular formula is C17H20N2O2. The van der Waals surface area contributed by atoms with Gasteiger partial charge in [-0.15, -0.1) is 0 Å². The van der Waals surface area contributed by atoms with E-state index in [0.29, 0.717) is 6.42 Å². The first-order valence-electron chi connectivity index (χ1n) is 7.01. The summed E-state index contributed by atoms with van der Waals surface area (Å²) in [5, 5.41) is 15.3. The van der Waals surface area contributed by atoms with Crippen molar-refractivity contribution in [3.63, 3.8) is 0 Å². The van der Waals surface area contributed by atoms with Gasteiger partial charge in [-0.25, -0.2) is 0 Å². The lowest BCUT2D eigenvalue weighted by molar-refractivity contribution is -0.120. The van der Waals surface area contributed by atoms with Crippen LogP contribution in [0.15, 0.2) is 60.7 Å². The van der Waals surface area contributed by atoms with Crippen molar-refractivity contribution in [2.24, 2.45) is 0 Å². The molecule has 4 nitrogen and oxygen atoms in total. The molecule has 0 heterocycles. The number of benzene rings is 2. The second-order valence-electron chi connectivity index (χ2n) is 4.86. The lowest BCUT2D eigenvalue weighted by Crippen LogP contribution is -2.41. The van der Waals surface area contributed by atoms with Crippen molar-refractivity contribution in [2.75, 3.05) is 18.5 Å². The summed E-state index contributed by atoms with van der Waals surface area (Å²) < 4.78 is 0. The van der Waals surface area contributed by atoms with Crippen molar-refractivity contribution < 1.29 is 9.90 Å². The van der Waals surface area contributed by atoms with Crippen LogP contribution in [0.2, 0.25) is 0 Å². The zero-order valence-corrected chi connectivity index (χ0v) is 11.8. The molecule has 0 bridgehead atoms. The first kappa shape index (κ1) is 15.1. The molecule has 1 amide bonds. The molecule has 0 spiro atoms. The van der Waals surface area contributed by atoms with E-state index in [1.54, 1.807) is 0 Å². The van der Waals surface area contributed by atoms with Gasteiger partial charge in [-0.1, -0.05) is 48.5 Å². The Hall–Kier alpha value is -2.33. The summed E-state index contributed by atoms with van der Waals surface area (Å²) in [6.07, 6.45) is 0.619. The number of aliphatic hydroxyl groups excluding tert-OH is 1. The van der Waals surface area contributed by atoms with Gasteiger partial charge in [0.1, 0.15) is 0 Å². The summed E-state index contributed by atoms with van der Waals surface area (Å²) in [6.45, 7) is 0.112. The van der Waals surface area contributed by atoms with Crippen LogP contribution in [0.3, 0.4) is 0 Å². The fraction of sp³-hybridized carbons (Fsp3) is 0.235. The Kier molecular flexibility index (Phi) is 5.79. The first-order valence-corrected chi connectivity index (χ1v) is 7.01. The fourth-order valence-corrected chi connectivity index (χ4v) is 2.08. The lowest BCUT2D eigenvalue weighted by Gasteiger charge is -2.17. The maximum atomic E-state index is 11.9. The monoisotopic (exact) mass is 284 g/mol. The second kappa shape index (κ2) is 8.07. The highest BCUT2D eigenvalue weighted by atomic mass is 16.3. The molecule has 0 aliphatic carbocycles. The van der Waals surface area contributed by atoms with E-state index in [-0.39, 0.29) is 25.1 Å². The van der Waals surface area contributed by atoms with Crippen LogP contribution in [0.4, 0.5) is 5.69 Å². The van der Waals surface area contributed by atoms with Crippen LogP contribution in [0, 0.1) is 0 Å². The highest BCUT2D eigenvalue weighted by Crippen LogP contribution is 2.05. The third-order valence-corrected chi connectivity index (χ3v) is 3.14. The van der Waals surface area contributed by atoms with Gasteiger partial charge in [0.05, 0.1) is 19.2 Å². The summed E-state index contributed by atoms with van der Waals surface area (Å²) >= 11 is 0. The number of carbonyl (C=O) groups is 1. The van der Waals surface area contributed by atoms with E-state index < -0.39 is 0 Å². The van der Waals surface area contributed by atoms with Gasteiger partial charge >= 0.3 is 0 Å². The van der Waals surface area contributed by atoms with E-state index in [9.17, 15) is 9.90 Å². The number of aliphatic hydroxyl groups is 1. The minimum absolute atomic E-state index is 0.0774. The van der Waals surface area contributed by atoms with E-state index in [4.69, 9.17) is 0 Å². The van der Waals surface area contributed by atoms with Crippen LogP contribution in [0.1, 0.15) is 5.56 Å². The molecule has 0 aliphatic heterocycles. The minimum atomic E-state index is -0.266. The first-order chi connectivity index (χ1) is 10.3. The molecule has 0 saturated heterocycles. The average molecular weight is 284 g/mol. The van der Waals surface area contributed by atoms with E-state index in [0.717, 1.165) is 11.3 Å². The van der Waals surface area contributed by atoms with Crippen molar-refractivity contribution in [3.8, 4) is 0 Å². The minimum Gasteiger partial charge on any atom is -0.394 e. The van der Waals surface area contributed by atoms with Gasteiger partial charge in [-0.05, 0) is 24.1 Å². The Morgan fingerprint density at radius 3 is 2.24 bits per heavy atom. The molecule has 0 aromatic heterocycles. The van der Waals surface area contributed by atoms with E-state index in [1.807, 2.05) is 60.7 Å². The summed E-state index contributed by atoms with van der Waals surface area (Å²) in [4.78, 5) is 11.9. The van der Waals surface area contributed by atoms with E-state index in [2.05, 4.69) is 10.6 Å². The smallest absolute Gasteiger partial charge is 0.239 e. The molecule has 0 radical (unpaired) electrons. The van der Waals surface area contributed by atoms with Crippen molar-refractivity contribution in [1.82, 2.24) is 5.32 Å². The van der Waals surface area contributed by atoms with Crippen LogP contribution < -0.4 is 10.6 Å². The van der Waals surface area contributed by atoms with Crippen LogP contribution >= 0.6 is 0 Å². The van der Waals surface area contributed by atoms with Gasteiger partial charge in [-0.3, -0.25) is 4.79 Å². The second-order valence-corrected chi connectivity index (χ2v) is 4.86. The largest absolute Gasteiger partial charge is 0.394 e. The topological polar surface area (TPSA) is 61.4 Å². The number of amides is 1. The Morgan fingerprint density at radius 1 is 1.00 bits per heavy atom. The van der Waals surface area contributed by atoms with Crippen molar-refractivity contribution in [3.05, 3.63) is 66.2 Å². The zero-order valence-electron chi connectivity index (χ0n) is 11.8. The SMILES string of the molecule is O=C(CNc1ccccc1)N[C@@H](CO)Cc1ccccc1. The number of rotatable bonds is 7. The third-order valence-electron chi connectivity index (χ3n) is 3.14. The Balaban J connectivity index is 1.80. The standard InChI is InChI=1S/C17H20N2O2/c20-13-16(11-14-7-3-1-4-8-14)19-17(21)12-18-15-9-5-2-6-10-15/h1-10,16,18,20H,11-13H2,(H,19,21)/t16-/m1/s1. The molecule has 0 aliphatic rings. The van der Waals surface area contributed by atoms with Crippen LogP contribution in [0.25, 0.3) is 0 Å². The molecule has 21 heavy (non-hydrogen) atoms. The lowest BCUT2D eigenvalue weighted by atomic mass is 10.1. The van der Waals surface area contributed by atoms with E-state index >= 15 is 0 Å². The van der Waals surface area contributed by atoms with Gasteiger partial charge in [-0.2, -0.15) is 0 Å². The Bertz CT molecular complexity index is 543. The highest BCUT2D eigenvalue weighted by Gasteiger charge is 2.11. The van der Waals surface area contributed by atoms with Gasteiger partial charge in [0.25, 0.3) is 0 Å². The van der Waals surface area contributed by atoms with Crippen molar-refractivity contribution in [1.29, 1.82) is 0 Å². The number of hydrogen-bond acceptors (Lipinski definition) is 3. The van der Waals surface area contributed by atoms with Crippen LogP contribution in [0.5, 0.6) is 0 Å². The number of para-hydroxylation sites is 1. The summed E-state index contributed by atoms with van der Waals surface area (Å²) in [6, 6.07) is 19.1. The zero-order chi connectivity index (χ0) is 14.9. The number of nitrogens with one attached hydrogen (secondary N) is 2.